The van der Waals surface area contributed by atoms with E-state index in [1.807, 2.05) is 30.9 Å². The zero-order valence-corrected chi connectivity index (χ0v) is 15.3. The van der Waals surface area contributed by atoms with Crippen molar-refractivity contribution in [3.8, 4) is 5.75 Å². The molecule has 0 saturated carbocycles. The number of hydrogen-bond donors (Lipinski definition) is 1. The molecule has 0 atom stereocenters. The molecule has 1 amide bonds. The van der Waals surface area contributed by atoms with Gasteiger partial charge in [-0.3, -0.25) is 4.79 Å². The Bertz CT molecular complexity index is 739. The molecule has 0 bridgehead atoms. The number of benzene rings is 1. The fraction of sp³-hybridized carbons (Fsp3) is 0.444. The molecule has 134 valence electrons. The van der Waals surface area contributed by atoms with Gasteiger partial charge in [-0.15, -0.1) is 0 Å². The van der Waals surface area contributed by atoms with Crippen LogP contribution in [0, 0.1) is 13.8 Å². The third-order valence-corrected chi connectivity index (χ3v) is 4.65. The van der Waals surface area contributed by atoms with E-state index in [2.05, 4.69) is 5.16 Å². The van der Waals surface area contributed by atoms with Gasteiger partial charge in [0.15, 0.2) is 6.61 Å². The lowest BCUT2D eigenvalue weighted by Crippen LogP contribution is -3.13. The summed E-state index contributed by atoms with van der Waals surface area (Å²) in [7, 11) is 0. The summed E-state index contributed by atoms with van der Waals surface area (Å²) in [5.41, 5.74) is 1.89. The van der Waals surface area contributed by atoms with Crippen LogP contribution < -0.4 is 9.64 Å². The number of aromatic nitrogens is 1. The van der Waals surface area contributed by atoms with Crippen molar-refractivity contribution in [3.63, 3.8) is 0 Å². The first-order valence-electron chi connectivity index (χ1n) is 8.44. The Kier molecular flexibility index (Phi) is 5.60. The molecule has 0 radical (unpaired) electrons. The number of carbonyl (C=O) groups excluding carboxylic acids is 1. The molecule has 1 saturated heterocycles. The fourth-order valence-corrected chi connectivity index (χ4v) is 3.24. The highest BCUT2D eigenvalue weighted by Gasteiger charge is 2.24. The maximum absolute atomic E-state index is 12.4. The molecule has 1 aliphatic heterocycles. The largest absolute Gasteiger partial charge is 0.483 e. The normalized spacial score (nSPS) is 15.4. The van der Waals surface area contributed by atoms with E-state index in [0.29, 0.717) is 10.8 Å². The number of aryl methyl sites for hydroxylation is 2. The number of ether oxygens (including phenoxy) is 1. The zero-order valence-electron chi connectivity index (χ0n) is 14.5. The summed E-state index contributed by atoms with van der Waals surface area (Å²) in [6.07, 6.45) is 0. The lowest BCUT2D eigenvalue weighted by Gasteiger charge is -2.31. The predicted octanol–water partition coefficient (Wildman–Crippen LogP) is 1.25. The average molecular weight is 365 g/mol. The third-order valence-electron chi connectivity index (χ3n) is 4.42. The lowest BCUT2D eigenvalue weighted by molar-refractivity contribution is -0.918. The van der Waals surface area contributed by atoms with Crippen molar-refractivity contribution in [3.05, 3.63) is 46.3 Å². The highest BCUT2D eigenvalue weighted by Crippen LogP contribution is 2.21. The van der Waals surface area contributed by atoms with Crippen LogP contribution in [0.3, 0.4) is 0 Å². The van der Waals surface area contributed by atoms with Crippen LogP contribution in [0.5, 0.6) is 5.75 Å². The van der Waals surface area contributed by atoms with Gasteiger partial charge in [0.05, 0.1) is 26.2 Å². The van der Waals surface area contributed by atoms with Crippen LogP contribution in [-0.4, -0.2) is 48.7 Å². The van der Waals surface area contributed by atoms with Crippen LogP contribution in [0.1, 0.15) is 17.0 Å². The van der Waals surface area contributed by atoms with Gasteiger partial charge in [-0.1, -0.05) is 16.8 Å². The molecule has 1 aromatic heterocycles. The second-order valence-corrected chi connectivity index (χ2v) is 6.87. The van der Waals surface area contributed by atoms with E-state index in [-0.39, 0.29) is 12.5 Å². The third kappa shape index (κ3) is 4.74. The van der Waals surface area contributed by atoms with Crippen LogP contribution >= 0.6 is 11.6 Å². The number of rotatable bonds is 5. The summed E-state index contributed by atoms with van der Waals surface area (Å²) in [4.78, 5) is 15.6. The highest BCUT2D eigenvalue weighted by molar-refractivity contribution is 6.30. The number of amides is 1. The van der Waals surface area contributed by atoms with E-state index >= 15 is 0 Å². The topological polar surface area (TPSA) is 60.0 Å². The summed E-state index contributed by atoms with van der Waals surface area (Å²) in [5.74, 6) is 1.55. The van der Waals surface area contributed by atoms with E-state index in [1.165, 1.54) is 4.90 Å². The summed E-state index contributed by atoms with van der Waals surface area (Å²) < 4.78 is 10.8. The van der Waals surface area contributed by atoms with Crippen LogP contribution in [-0.2, 0) is 11.3 Å². The van der Waals surface area contributed by atoms with Gasteiger partial charge in [0, 0.05) is 11.1 Å². The van der Waals surface area contributed by atoms with Crippen molar-refractivity contribution < 1.29 is 19.0 Å². The first kappa shape index (κ1) is 17.8. The van der Waals surface area contributed by atoms with Gasteiger partial charge in [0.1, 0.15) is 23.7 Å². The molecule has 2 aromatic rings. The number of piperazine rings is 1. The Labute approximate surface area is 152 Å². The molecule has 0 unspecified atom stereocenters. The van der Waals surface area contributed by atoms with E-state index in [1.54, 1.807) is 12.1 Å². The molecule has 1 fully saturated rings. The number of nitrogens with one attached hydrogen (secondary N) is 1. The predicted molar refractivity (Wildman–Crippen MR) is 93.9 cm³/mol. The van der Waals surface area contributed by atoms with Crippen LogP contribution in [0.25, 0.3) is 0 Å². The first-order chi connectivity index (χ1) is 12.0. The minimum Gasteiger partial charge on any atom is -0.483 e. The second kappa shape index (κ2) is 7.89. The van der Waals surface area contributed by atoms with E-state index in [0.717, 1.165) is 49.7 Å². The summed E-state index contributed by atoms with van der Waals surface area (Å²) in [5, 5.41) is 4.70. The number of hydrogen-bond acceptors (Lipinski definition) is 4. The van der Waals surface area contributed by atoms with Crippen molar-refractivity contribution in [1.82, 2.24) is 10.1 Å². The Morgan fingerprint density at radius 1 is 1.32 bits per heavy atom. The maximum Gasteiger partial charge on any atom is 0.260 e. The molecule has 1 N–H and O–H groups in total. The molecule has 6 nitrogen and oxygen atoms in total. The molecule has 3 rings (SSSR count). The van der Waals surface area contributed by atoms with E-state index in [4.69, 9.17) is 20.9 Å². The van der Waals surface area contributed by atoms with E-state index < -0.39 is 0 Å². The quantitative estimate of drug-likeness (QED) is 0.867. The first-order valence-corrected chi connectivity index (χ1v) is 8.81. The Hall–Kier alpha value is -2.05. The van der Waals surface area contributed by atoms with Crippen LogP contribution in [0.2, 0.25) is 5.02 Å². The fourth-order valence-electron chi connectivity index (χ4n) is 3.01. The van der Waals surface area contributed by atoms with Gasteiger partial charge >= 0.3 is 0 Å². The zero-order chi connectivity index (χ0) is 17.8. The number of quaternary nitrogens is 1. The monoisotopic (exact) mass is 364 g/mol. The van der Waals surface area contributed by atoms with Gasteiger partial charge in [0.2, 0.25) is 0 Å². The minimum absolute atomic E-state index is 0.0191. The van der Waals surface area contributed by atoms with Gasteiger partial charge < -0.3 is 19.1 Å². The molecule has 7 heteroatoms. The van der Waals surface area contributed by atoms with Crippen molar-refractivity contribution in [1.29, 1.82) is 0 Å². The molecule has 25 heavy (non-hydrogen) atoms. The van der Waals surface area contributed by atoms with Gasteiger partial charge in [-0.2, -0.15) is 0 Å². The summed E-state index contributed by atoms with van der Waals surface area (Å²) >= 11 is 5.93. The summed E-state index contributed by atoms with van der Waals surface area (Å²) in [6, 6.07) is 7.36. The smallest absolute Gasteiger partial charge is 0.260 e. The maximum atomic E-state index is 12.4. The number of carbonyl (C=O) groups is 1. The van der Waals surface area contributed by atoms with Gasteiger partial charge in [0.25, 0.3) is 5.91 Å². The van der Waals surface area contributed by atoms with Gasteiger partial charge in [-0.25, -0.2) is 0 Å². The minimum atomic E-state index is 0.0191. The Morgan fingerprint density at radius 3 is 2.72 bits per heavy atom. The average Bonchev–Trinajstić information content (AvgIpc) is 2.99. The van der Waals surface area contributed by atoms with Crippen LogP contribution in [0.15, 0.2) is 28.8 Å². The number of halogens is 1. The molecular weight excluding hydrogens is 342 g/mol. The molecule has 0 aliphatic carbocycles. The van der Waals surface area contributed by atoms with Crippen molar-refractivity contribution in [2.45, 2.75) is 20.4 Å². The van der Waals surface area contributed by atoms with E-state index in [9.17, 15) is 4.79 Å². The Morgan fingerprint density at radius 2 is 2.08 bits per heavy atom. The SMILES string of the molecule is Cc1cc(C[NH+]2CCN(C(=O)COc3ccc(Cl)cc3C)CC2)no1. The standard InChI is InChI=1S/C18H22ClN3O3/c1-13-9-15(19)3-4-17(13)24-12-18(23)22-7-5-21(6-8-22)11-16-10-14(2)25-20-16/h3-4,9-10H,5-8,11-12H2,1-2H3/p+1. The molecule has 1 aliphatic rings. The van der Waals surface area contributed by atoms with Crippen molar-refractivity contribution in [2.75, 3.05) is 32.8 Å². The molecule has 0 spiro atoms. The highest BCUT2D eigenvalue weighted by atomic mass is 35.5. The lowest BCUT2D eigenvalue weighted by atomic mass is 10.2. The van der Waals surface area contributed by atoms with Gasteiger partial charge in [-0.05, 0) is 37.6 Å². The van der Waals surface area contributed by atoms with Crippen molar-refractivity contribution in [2.24, 2.45) is 0 Å². The van der Waals surface area contributed by atoms with Crippen molar-refractivity contribution >= 4 is 17.5 Å². The Balaban J connectivity index is 1.45. The summed E-state index contributed by atoms with van der Waals surface area (Å²) in [6.45, 7) is 7.96. The molecule has 2 heterocycles. The number of nitrogens with zero attached hydrogens (tertiary/aromatic N) is 2. The van der Waals surface area contributed by atoms with Crippen LogP contribution in [0.4, 0.5) is 0 Å². The molecular formula is C18H23ClN3O3+. The molecule has 1 aromatic carbocycles. The second-order valence-electron chi connectivity index (χ2n) is 6.43.